The van der Waals surface area contributed by atoms with Crippen LogP contribution < -0.4 is 15.8 Å². The van der Waals surface area contributed by atoms with Crippen molar-refractivity contribution in [2.45, 2.75) is 19.4 Å². The Morgan fingerprint density at radius 1 is 1.21 bits per heavy atom. The van der Waals surface area contributed by atoms with Crippen molar-refractivity contribution in [1.82, 2.24) is 5.32 Å². The second kappa shape index (κ2) is 8.49. The highest BCUT2D eigenvalue weighted by molar-refractivity contribution is 9.10. The Morgan fingerprint density at radius 3 is 2.54 bits per heavy atom. The molecule has 1 unspecified atom stereocenters. The molecule has 126 valence electrons. The molecule has 0 aliphatic carbocycles. The lowest BCUT2D eigenvalue weighted by atomic mass is 10.0. The highest BCUT2D eigenvalue weighted by Gasteiger charge is 2.14. The van der Waals surface area contributed by atoms with Gasteiger partial charge in [-0.25, -0.2) is 0 Å². The summed E-state index contributed by atoms with van der Waals surface area (Å²) in [7, 11) is 0. The van der Waals surface area contributed by atoms with Crippen molar-refractivity contribution in [2.75, 3.05) is 6.61 Å². The van der Waals surface area contributed by atoms with E-state index in [1.165, 1.54) is 0 Å². The summed E-state index contributed by atoms with van der Waals surface area (Å²) in [6.07, 6.45) is 0.769. The minimum Gasteiger partial charge on any atom is -0.484 e. The van der Waals surface area contributed by atoms with Crippen molar-refractivity contribution in [2.24, 2.45) is 5.73 Å². The van der Waals surface area contributed by atoms with Gasteiger partial charge in [-0.15, -0.1) is 0 Å². The number of ether oxygens (including phenoxy) is 1. The number of nitrogens with two attached hydrogens (primary N) is 1. The van der Waals surface area contributed by atoms with Crippen molar-refractivity contribution in [3.63, 3.8) is 0 Å². The molecule has 0 heterocycles. The van der Waals surface area contributed by atoms with E-state index in [0.29, 0.717) is 11.3 Å². The molecule has 1 atom stereocenters. The molecule has 5 nitrogen and oxygen atoms in total. The SMILES string of the molecule is CCC(NC(=O)c1cccc(OCC(N)=O)c1)c1ccc(Br)cc1. The lowest BCUT2D eigenvalue weighted by Crippen LogP contribution is -2.28. The van der Waals surface area contributed by atoms with E-state index in [2.05, 4.69) is 21.2 Å². The Morgan fingerprint density at radius 2 is 1.92 bits per heavy atom. The fourth-order valence-electron chi connectivity index (χ4n) is 2.24. The average molecular weight is 391 g/mol. The van der Waals surface area contributed by atoms with Crippen LogP contribution >= 0.6 is 15.9 Å². The van der Waals surface area contributed by atoms with Crippen LogP contribution in [0.3, 0.4) is 0 Å². The average Bonchev–Trinajstić information content (AvgIpc) is 2.59. The number of benzene rings is 2. The molecule has 0 aromatic heterocycles. The number of hydrogen-bond acceptors (Lipinski definition) is 3. The van der Waals surface area contributed by atoms with Gasteiger partial charge in [-0.2, -0.15) is 0 Å². The van der Waals surface area contributed by atoms with E-state index in [9.17, 15) is 9.59 Å². The van der Waals surface area contributed by atoms with Crippen LogP contribution in [0.4, 0.5) is 0 Å². The number of rotatable bonds is 7. The number of carbonyl (C=O) groups excluding carboxylic acids is 2. The summed E-state index contributed by atoms with van der Waals surface area (Å²) in [5.74, 6) is -0.335. The van der Waals surface area contributed by atoms with E-state index in [1.54, 1.807) is 24.3 Å². The molecule has 0 fully saturated rings. The third kappa shape index (κ3) is 5.09. The van der Waals surface area contributed by atoms with Crippen molar-refractivity contribution in [3.05, 3.63) is 64.1 Å². The van der Waals surface area contributed by atoms with Crippen molar-refractivity contribution >= 4 is 27.7 Å². The first-order valence-corrected chi connectivity index (χ1v) is 8.36. The lowest BCUT2D eigenvalue weighted by molar-refractivity contribution is -0.119. The number of halogens is 1. The number of primary amides is 1. The topological polar surface area (TPSA) is 81.4 Å². The summed E-state index contributed by atoms with van der Waals surface area (Å²) < 4.78 is 6.22. The van der Waals surface area contributed by atoms with Crippen LogP contribution in [0.25, 0.3) is 0 Å². The molecule has 0 aliphatic rings. The molecule has 24 heavy (non-hydrogen) atoms. The first-order valence-electron chi connectivity index (χ1n) is 7.57. The van der Waals surface area contributed by atoms with Gasteiger partial charge in [-0.1, -0.05) is 41.1 Å². The van der Waals surface area contributed by atoms with E-state index in [1.807, 2.05) is 31.2 Å². The van der Waals surface area contributed by atoms with Gasteiger partial charge in [0.15, 0.2) is 6.61 Å². The van der Waals surface area contributed by atoms with E-state index >= 15 is 0 Å². The van der Waals surface area contributed by atoms with Gasteiger partial charge in [-0.3, -0.25) is 9.59 Å². The van der Waals surface area contributed by atoms with E-state index in [-0.39, 0.29) is 18.6 Å². The van der Waals surface area contributed by atoms with Gasteiger partial charge in [0.25, 0.3) is 11.8 Å². The maximum absolute atomic E-state index is 12.5. The normalized spacial score (nSPS) is 11.6. The van der Waals surface area contributed by atoms with Crippen molar-refractivity contribution in [1.29, 1.82) is 0 Å². The zero-order valence-electron chi connectivity index (χ0n) is 13.3. The fourth-order valence-corrected chi connectivity index (χ4v) is 2.50. The summed E-state index contributed by atoms with van der Waals surface area (Å²) in [5, 5.41) is 3.01. The molecule has 0 bridgehead atoms. The van der Waals surface area contributed by atoms with Crippen molar-refractivity contribution < 1.29 is 14.3 Å². The highest BCUT2D eigenvalue weighted by Crippen LogP contribution is 2.21. The molecular formula is C18H19BrN2O3. The van der Waals surface area contributed by atoms with Crippen LogP contribution in [0.1, 0.15) is 35.3 Å². The monoisotopic (exact) mass is 390 g/mol. The van der Waals surface area contributed by atoms with Gasteiger partial charge in [0, 0.05) is 10.0 Å². The summed E-state index contributed by atoms with van der Waals surface area (Å²) in [6, 6.07) is 14.4. The van der Waals surface area contributed by atoms with Crippen molar-refractivity contribution in [3.8, 4) is 5.75 Å². The Balaban J connectivity index is 2.08. The molecule has 0 radical (unpaired) electrons. The number of nitrogens with one attached hydrogen (secondary N) is 1. The van der Waals surface area contributed by atoms with Gasteiger partial charge in [0.2, 0.25) is 0 Å². The molecule has 0 spiro atoms. The summed E-state index contributed by atoms with van der Waals surface area (Å²) in [4.78, 5) is 23.2. The molecular weight excluding hydrogens is 372 g/mol. The minimum atomic E-state index is -0.564. The van der Waals surface area contributed by atoms with Gasteiger partial charge >= 0.3 is 0 Å². The third-order valence-electron chi connectivity index (χ3n) is 3.46. The Hall–Kier alpha value is -2.34. The summed E-state index contributed by atoms with van der Waals surface area (Å²) >= 11 is 3.40. The Labute approximate surface area is 149 Å². The number of amides is 2. The lowest BCUT2D eigenvalue weighted by Gasteiger charge is -2.18. The maximum Gasteiger partial charge on any atom is 0.255 e. The zero-order valence-corrected chi connectivity index (χ0v) is 14.9. The third-order valence-corrected chi connectivity index (χ3v) is 3.99. The summed E-state index contributed by atoms with van der Waals surface area (Å²) in [6.45, 7) is 1.79. The van der Waals surface area contributed by atoms with Crippen LogP contribution in [-0.4, -0.2) is 18.4 Å². The molecule has 6 heteroatoms. The van der Waals surface area contributed by atoms with Gasteiger partial charge in [0.1, 0.15) is 5.75 Å². The van der Waals surface area contributed by atoms with Crippen LogP contribution in [0.15, 0.2) is 53.0 Å². The minimum absolute atomic E-state index is 0.0826. The number of carbonyl (C=O) groups is 2. The van der Waals surface area contributed by atoms with Crippen LogP contribution in [-0.2, 0) is 4.79 Å². The quantitative estimate of drug-likeness (QED) is 0.761. The Kier molecular flexibility index (Phi) is 6.37. The molecule has 0 saturated heterocycles. The van der Waals surface area contributed by atoms with E-state index in [4.69, 9.17) is 10.5 Å². The smallest absolute Gasteiger partial charge is 0.255 e. The first kappa shape index (κ1) is 18.0. The highest BCUT2D eigenvalue weighted by atomic mass is 79.9. The first-order chi connectivity index (χ1) is 11.5. The second-order valence-corrected chi connectivity index (χ2v) is 6.18. The van der Waals surface area contributed by atoms with Crippen LogP contribution in [0, 0.1) is 0 Å². The summed E-state index contributed by atoms with van der Waals surface area (Å²) in [5.41, 5.74) is 6.55. The standard InChI is InChI=1S/C18H19BrN2O3/c1-2-16(12-6-8-14(19)9-7-12)21-18(23)13-4-3-5-15(10-13)24-11-17(20)22/h3-10,16H,2,11H2,1H3,(H2,20,22)(H,21,23). The molecule has 2 rings (SSSR count). The van der Waals surface area contributed by atoms with Crippen LogP contribution in [0.5, 0.6) is 5.75 Å². The molecule has 0 aliphatic heterocycles. The molecule has 0 saturated carbocycles. The van der Waals surface area contributed by atoms with Gasteiger partial charge < -0.3 is 15.8 Å². The molecule has 2 amide bonds. The molecule has 2 aromatic carbocycles. The second-order valence-electron chi connectivity index (χ2n) is 5.27. The Bertz CT molecular complexity index is 716. The zero-order chi connectivity index (χ0) is 17.5. The largest absolute Gasteiger partial charge is 0.484 e. The fraction of sp³-hybridized carbons (Fsp3) is 0.222. The van der Waals surface area contributed by atoms with E-state index < -0.39 is 5.91 Å². The predicted molar refractivity (Wildman–Crippen MR) is 95.8 cm³/mol. The molecule has 3 N–H and O–H groups in total. The van der Waals surface area contributed by atoms with Gasteiger partial charge in [0.05, 0.1) is 6.04 Å². The molecule has 2 aromatic rings. The number of hydrogen-bond donors (Lipinski definition) is 2. The predicted octanol–water partition coefficient (Wildman–Crippen LogP) is 3.19. The maximum atomic E-state index is 12.5. The van der Waals surface area contributed by atoms with E-state index in [0.717, 1.165) is 16.5 Å². The van der Waals surface area contributed by atoms with Crippen LogP contribution in [0.2, 0.25) is 0 Å². The van der Waals surface area contributed by atoms with Gasteiger partial charge in [-0.05, 0) is 42.3 Å².